The van der Waals surface area contributed by atoms with Crippen molar-refractivity contribution < 1.29 is 14.4 Å². The van der Waals surface area contributed by atoms with Crippen molar-refractivity contribution in [3.8, 4) is 0 Å². The number of urea groups is 1. The first-order valence-corrected chi connectivity index (χ1v) is 10.1. The number of nitrogens with one attached hydrogen (secondary N) is 1. The van der Waals surface area contributed by atoms with Gasteiger partial charge in [0.25, 0.3) is 5.91 Å². The molecule has 1 aliphatic heterocycles. The smallest absolute Gasteiger partial charge is 0.325 e. The SMILES string of the molecule is CC(C)CN(CC(C)C)C(=O)CN1C(=O)NC(C)(CCc2ccccc2)C1=O. The molecule has 28 heavy (non-hydrogen) atoms. The van der Waals surface area contributed by atoms with E-state index in [2.05, 4.69) is 33.0 Å². The Morgan fingerprint density at radius 3 is 2.18 bits per heavy atom. The number of rotatable bonds is 9. The maximum Gasteiger partial charge on any atom is 0.325 e. The lowest BCUT2D eigenvalue weighted by Crippen LogP contribution is -2.47. The first-order valence-electron chi connectivity index (χ1n) is 10.1. The molecule has 1 unspecified atom stereocenters. The van der Waals surface area contributed by atoms with Crippen LogP contribution < -0.4 is 5.32 Å². The fourth-order valence-electron chi connectivity index (χ4n) is 3.49. The molecule has 4 amide bonds. The Balaban J connectivity index is 2.04. The molecule has 1 aromatic carbocycles. The number of carbonyl (C=O) groups is 3. The second kappa shape index (κ2) is 9.22. The molecule has 6 nitrogen and oxygen atoms in total. The standard InChI is InChI=1S/C22H33N3O3/c1-16(2)13-24(14-17(3)4)19(26)15-25-20(27)22(5,23-21(25)28)12-11-18-9-7-6-8-10-18/h6-10,16-17H,11-15H2,1-5H3,(H,23,28). The Bertz CT molecular complexity index is 692. The highest BCUT2D eigenvalue weighted by Crippen LogP contribution is 2.23. The summed E-state index contributed by atoms with van der Waals surface area (Å²) >= 11 is 0. The molecule has 1 aliphatic rings. The molecule has 6 heteroatoms. The maximum atomic E-state index is 12.9. The highest BCUT2D eigenvalue weighted by molar-refractivity contribution is 6.08. The van der Waals surface area contributed by atoms with Gasteiger partial charge in [0.05, 0.1) is 0 Å². The lowest BCUT2D eigenvalue weighted by atomic mass is 9.93. The van der Waals surface area contributed by atoms with Gasteiger partial charge in [-0.05, 0) is 37.2 Å². The summed E-state index contributed by atoms with van der Waals surface area (Å²) in [6, 6.07) is 9.37. The van der Waals surface area contributed by atoms with Crippen LogP contribution in [0.15, 0.2) is 30.3 Å². The van der Waals surface area contributed by atoms with E-state index < -0.39 is 11.6 Å². The summed E-state index contributed by atoms with van der Waals surface area (Å²) < 4.78 is 0. The van der Waals surface area contributed by atoms with E-state index in [-0.39, 0.29) is 18.4 Å². The zero-order chi connectivity index (χ0) is 20.9. The minimum atomic E-state index is -0.978. The molecule has 0 saturated carbocycles. The topological polar surface area (TPSA) is 69.7 Å². The molecule has 1 heterocycles. The zero-order valence-corrected chi connectivity index (χ0v) is 17.7. The van der Waals surface area contributed by atoms with E-state index in [0.29, 0.717) is 37.8 Å². The molecule has 1 atom stereocenters. The Kier molecular flexibility index (Phi) is 7.22. The minimum absolute atomic E-state index is 0.182. The van der Waals surface area contributed by atoms with Crippen LogP contribution in [0, 0.1) is 11.8 Å². The van der Waals surface area contributed by atoms with Crippen molar-refractivity contribution >= 4 is 17.8 Å². The molecule has 1 saturated heterocycles. The average Bonchev–Trinajstić information content (AvgIpc) is 2.83. The van der Waals surface area contributed by atoms with Crippen LogP contribution >= 0.6 is 0 Å². The first kappa shape index (κ1) is 21.9. The van der Waals surface area contributed by atoms with Gasteiger partial charge in [-0.3, -0.25) is 14.5 Å². The van der Waals surface area contributed by atoms with E-state index in [1.165, 1.54) is 0 Å². The van der Waals surface area contributed by atoms with Crippen LogP contribution in [0.5, 0.6) is 0 Å². The lowest BCUT2D eigenvalue weighted by Gasteiger charge is -2.28. The van der Waals surface area contributed by atoms with Crippen molar-refractivity contribution in [2.24, 2.45) is 11.8 Å². The molecule has 0 aromatic heterocycles. The van der Waals surface area contributed by atoms with E-state index in [4.69, 9.17) is 0 Å². The third-order valence-electron chi connectivity index (χ3n) is 4.92. The molecule has 2 rings (SSSR count). The molecule has 0 bridgehead atoms. The van der Waals surface area contributed by atoms with Gasteiger partial charge in [0.15, 0.2) is 0 Å². The van der Waals surface area contributed by atoms with Crippen LogP contribution in [0.2, 0.25) is 0 Å². The summed E-state index contributed by atoms with van der Waals surface area (Å²) in [6.07, 6.45) is 1.17. The monoisotopic (exact) mass is 387 g/mol. The van der Waals surface area contributed by atoms with Crippen molar-refractivity contribution in [3.63, 3.8) is 0 Å². The summed E-state index contributed by atoms with van der Waals surface area (Å²) in [7, 11) is 0. The van der Waals surface area contributed by atoms with Crippen LogP contribution in [0.4, 0.5) is 4.79 Å². The van der Waals surface area contributed by atoms with Crippen molar-refractivity contribution in [3.05, 3.63) is 35.9 Å². The second-order valence-corrected chi connectivity index (χ2v) is 8.73. The number of nitrogens with zero attached hydrogens (tertiary/aromatic N) is 2. The van der Waals surface area contributed by atoms with Crippen molar-refractivity contribution in [1.29, 1.82) is 0 Å². The van der Waals surface area contributed by atoms with Crippen molar-refractivity contribution in [2.45, 2.75) is 53.0 Å². The lowest BCUT2D eigenvalue weighted by molar-refractivity contribution is -0.139. The van der Waals surface area contributed by atoms with Crippen LogP contribution in [0.25, 0.3) is 0 Å². The Morgan fingerprint density at radius 2 is 1.64 bits per heavy atom. The number of imide groups is 1. The molecule has 1 fully saturated rings. The van der Waals surface area contributed by atoms with Crippen LogP contribution in [-0.4, -0.2) is 52.8 Å². The van der Waals surface area contributed by atoms with Gasteiger partial charge in [-0.15, -0.1) is 0 Å². The van der Waals surface area contributed by atoms with Crippen LogP contribution in [0.3, 0.4) is 0 Å². The summed E-state index contributed by atoms with van der Waals surface area (Å²) in [5.41, 5.74) is 0.133. The van der Waals surface area contributed by atoms with E-state index in [9.17, 15) is 14.4 Å². The van der Waals surface area contributed by atoms with E-state index >= 15 is 0 Å². The molecule has 0 spiro atoms. The Hall–Kier alpha value is -2.37. The Morgan fingerprint density at radius 1 is 1.07 bits per heavy atom. The number of carbonyl (C=O) groups excluding carboxylic acids is 3. The Labute approximate surface area is 168 Å². The summed E-state index contributed by atoms with van der Waals surface area (Å²) in [4.78, 5) is 41.0. The first-order chi connectivity index (χ1) is 13.1. The highest BCUT2D eigenvalue weighted by Gasteiger charge is 2.48. The van der Waals surface area contributed by atoms with Gasteiger partial charge in [-0.1, -0.05) is 58.0 Å². The van der Waals surface area contributed by atoms with Gasteiger partial charge < -0.3 is 10.2 Å². The van der Waals surface area contributed by atoms with E-state index in [0.717, 1.165) is 10.5 Å². The van der Waals surface area contributed by atoms with Gasteiger partial charge in [-0.2, -0.15) is 0 Å². The number of hydrogen-bond acceptors (Lipinski definition) is 3. The normalized spacial score (nSPS) is 19.5. The molecule has 1 N–H and O–H groups in total. The number of benzene rings is 1. The van der Waals surface area contributed by atoms with Gasteiger partial charge >= 0.3 is 6.03 Å². The van der Waals surface area contributed by atoms with Gasteiger partial charge in [0.1, 0.15) is 12.1 Å². The average molecular weight is 388 g/mol. The van der Waals surface area contributed by atoms with Crippen LogP contribution in [0.1, 0.15) is 46.6 Å². The largest absolute Gasteiger partial charge is 0.341 e. The van der Waals surface area contributed by atoms with Crippen molar-refractivity contribution in [1.82, 2.24) is 15.1 Å². The minimum Gasteiger partial charge on any atom is -0.341 e. The molecule has 0 radical (unpaired) electrons. The van der Waals surface area contributed by atoms with Gasteiger partial charge in [0, 0.05) is 13.1 Å². The molecular weight excluding hydrogens is 354 g/mol. The fraction of sp³-hybridized carbons (Fsp3) is 0.591. The fourth-order valence-corrected chi connectivity index (χ4v) is 3.49. The van der Waals surface area contributed by atoms with Gasteiger partial charge in [0.2, 0.25) is 5.91 Å². The predicted octanol–water partition coefficient (Wildman–Crippen LogP) is 3.07. The van der Waals surface area contributed by atoms with Crippen molar-refractivity contribution in [2.75, 3.05) is 19.6 Å². The number of amides is 4. The third kappa shape index (κ3) is 5.57. The molecular formula is C22H33N3O3. The highest BCUT2D eigenvalue weighted by atomic mass is 16.2. The molecule has 0 aliphatic carbocycles. The summed E-state index contributed by atoms with van der Waals surface area (Å²) in [5, 5.41) is 2.79. The van der Waals surface area contributed by atoms with Gasteiger partial charge in [-0.25, -0.2) is 4.79 Å². The third-order valence-corrected chi connectivity index (χ3v) is 4.92. The second-order valence-electron chi connectivity index (χ2n) is 8.73. The maximum absolute atomic E-state index is 12.9. The van der Waals surface area contributed by atoms with Crippen LogP contribution in [-0.2, 0) is 16.0 Å². The van der Waals surface area contributed by atoms with E-state index in [1.807, 2.05) is 30.3 Å². The number of hydrogen-bond donors (Lipinski definition) is 1. The summed E-state index contributed by atoms with van der Waals surface area (Å²) in [5.74, 6) is 0.137. The molecule has 154 valence electrons. The zero-order valence-electron chi connectivity index (χ0n) is 17.7. The predicted molar refractivity (Wildman–Crippen MR) is 110 cm³/mol. The quantitative estimate of drug-likeness (QED) is 0.662. The number of aryl methyl sites for hydroxylation is 1. The van der Waals surface area contributed by atoms with E-state index in [1.54, 1.807) is 11.8 Å². The summed E-state index contributed by atoms with van der Waals surface area (Å²) in [6.45, 7) is 11.0. The molecule has 1 aromatic rings.